The molecular formula is C19H24Cl2N4O2S. The van der Waals surface area contributed by atoms with E-state index in [0.717, 1.165) is 36.5 Å². The van der Waals surface area contributed by atoms with Gasteiger partial charge in [0.25, 0.3) is 5.91 Å². The number of anilines is 2. The fourth-order valence-corrected chi connectivity index (χ4v) is 4.69. The van der Waals surface area contributed by atoms with Crippen LogP contribution in [0.4, 0.5) is 15.5 Å². The molecule has 1 aliphatic rings. The summed E-state index contributed by atoms with van der Waals surface area (Å²) in [6, 6.07) is 6.39. The van der Waals surface area contributed by atoms with Crippen molar-refractivity contribution in [2.24, 2.45) is 11.7 Å². The number of carbonyl (C=O) groups is 2. The summed E-state index contributed by atoms with van der Waals surface area (Å²) in [6.07, 6.45) is 0.761. The van der Waals surface area contributed by atoms with Gasteiger partial charge in [-0.25, -0.2) is 4.79 Å². The summed E-state index contributed by atoms with van der Waals surface area (Å²) in [5.74, 6) is 0.0662. The Morgan fingerprint density at radius 3 is 2.54 bits per heavy atom. The summed E-state index contributed by atoms with van der Waals surface area (Å²) in [6.45, 7) is 7.04. The quantitative estimate of drug-likeness (QED) is 0.632. The van der Waals surface area contributed by atoms with Crippen LogP contribution in [0.2, 0.25) is 5.02 Å². The van der Waals surface area contributed by atoms with E-state index in [2.05, 4.69) is 29.4 Å². The Morgan fingerprint density at radius 2 is 1.93 bits per heavy atom. The molecule has 0 saturated carbocycles. The largest absolute Gasteiger partial charge is 0.365 e. The Balaban J connectivity index is 0.00000280. The zero-order valence-electron chi connectivity index (χ0n) is 15.8. The van der Waals surface area contributed by atoms with Crippen LogP contribution in [-0.4, -0.2) is 29.9 Å². The molecule has 0 saturated heterocycles. The van der Waals surface area contributed by atoms with Gasteiger partial charge in [-0.15, -0.1) is 23.7 Å². The highest BCUT2D eigenvalue weighted by molar-refractivity contribution is 7.17. The number of nitrogens with zero attached hydrogens (tertiary/aromatic N) is 1. The van der Waals surface area contributed by atoms with E-state index in [0.29, 0.717) is 27.2 Å². The molecule has 2 aromatic rings. The lowest BCUT2D eigenvalue weighted by Gasteiger charge is -2.28. The molecule has 0 radical (unpaired) electrons. The molecule has 0 fully saturated rings. The lowest BCUT2D eigenvalue weighted by Crippen LogP contribution is -2.33. The number of hydrogen-bond donors (Lipinski definition) is 3. The Kier molecular flexibility index (Phi) is 7.71. The van der Waals surface area contributed by atoms with Gasteiger partial charge < -0.3 is 11.1 Å². The van der Waals surface area contributed by atoms with Crippen LogP contribution in [0.3, 0.4) is 0 Å². The molecule has 1 aliphatic heterocycles. The maximum atomic E-state index is 12.4. The molecule has 1 aromatic heterocycles. The molecule has 152 valence electrons. The molecule has 2 heterocycles. The molecule has 0 aliphatic carbocycles. The zero-order chi connectivity index (χ0) is 19.6. The van der Waals surface area contributed by atoms with Crippen LogP contribution >= 0.6 is 35.3 Å². The Bertz CT molecular complexity index is 852. The predicted molar refractivity (Wildman–Crippen MR) is 118 cm³/mol. The first kappa shape index (κ1) is 22.5. The topological polar surface area (TPSA) is 87.5 Å². The first-order valence-corrected chi connectivity index (χ1v) is 10.0. The molecule has 0 bridgehead atoms. The number of nitrogens with one attached hydrogen (secondary N) is 2. The van der Waals surface area contributed by atoms with Crippen molar-refractivity contribution < 1.29 is 9.59 Å². The Morgan fingerprint density at radius 1 is 1.25 bits per heavy atom. The molecule has 4 N–H and O–H groups in total. The van der Waals surface area contributed by atoms with E-state index in [9.17, 15) is 9.59 Å². The number of urea groups is 1. The SMILES string of the molecule is CC(C)CN1CCc2c(sc(NC(=O)Nc3ccc(Cl)cc3)c2C(N)=O)C1.Cl. The second-order valence-corrected chi connectivity index (χ2v) is 8.58. The van der Waals surface area contributed by atoms with E-state index in [-0.39, 0.29) is 12.4 Å². The number of benzene rings is 1. The minimum Gasteiger partial charge on any atom is -0.365 e. The summed E-state index contributed by atoms with van der Waals surface area (Å²) in [4.78, 5) is 27.8. The number of hydrogen-bond acceptors (Lipinski definition) is 4. The summed E-state index contributed by atoms with van der Waals surface area (Å²) >= 11 is 7.28. The standard InChI is InChI=1S/C19H23ClN4O2S.ClH/c1-11(2)9-24-8-7-14-15(10-24)27-18(16(14)17(21)25)23-19(26)22-13-5-3-12(20)4-6-13;/h3-6,11H,7-10H2,1-2H3,(H2,21,25)(H2,22,23,26);1H. The zero-order valence-corrected chi connectivity index (χ0v) is 18.1. The number of nitrogens with two attached hydrogens (primary N) is 1. The van der Waals surface area contributed by atoms with Crippen molar-refractivity contribution in [2.75, 3.05) is 23.7 Å². The Labute approximate surface area is 179 Å². The lowest BCUT2D eigenvalue weighted by molar-refractivity contribution is 0.0999. The van der Waals surface area contributed by atoms with E-state index in [1.165, 1.54) is 11.3 Å². The lowest BCUT2D eigenvalue weighted by atomic mass is 10.0. The van der Waals surface area contributed by atoms with E-state index < -0.39 is 11.9 Å². The van der Waals surface area contributed by atoms with Crippen molar-refractivity contribution in [2.45, 2.75) is 26.8 Å². The number of carbonyl (C=O) groups excluding carboxylic acids is 2. The average Bonchev–Trinajstić information content (AvgIpc) is 2.93. The fourth-order valence-electron chi connectivity index (χ4n) is 3.28. The van der Waals surface area contributed by atoms with E-state index in [1.54, 1.807) is 24.3 Å². The van der Waals surface area contributed by atoms with Crippen LogP contribution in [-0.2, 0) is 13.0 Å². The van der Waals surface area contributed by atoms with Crippen molar-refractivity contribution in [1.82, 2.24) is 4.90 Å². The third kappa shape index (κ3) is 5.38. The van der Waals surface area contributed by atoms with Crippen LogP contribution in [0.15, 0.2) is 24.3 Å². The van der Waals surface area contributed by atoms with Crippen LogP contribution < -0.4 is 16.4 Å². The van der Waals surface area contributed by atoms with E-state index in [4.69, 9.17) is 17.3 Å². The third-order valence-electron chi connectivity index (χ3n) is 4.33. The predicted octanol–water partition coefficient (Wildman–Crippen LogP) is 4.58. The maximum absolute atomic E-state index is 12.4. The van der Waals surface area contributed by atoms with Gasteiger partial charge in [-0.3, -0.25) is 15.0 Å². The van der Waals surface area contributed by atoms with Crippen molar-refractivity contribution in [3.8, 4) is 0 Å². The highest BCUT2D eigenvalue weighted by Crippen LogP contribution is 2.37. The molecule has 3 rings (SSSR count). The minimum atomic E-state index is -0.508. The van der Waals surface area contributed by atoms with Gasteiger partial charge in [-0.2, -0.15) is 0 Å². The van der Waals surface area contributed by atoms with Crippen LogP contribution in [0, 0.1) is 5.92 Å². The van der Waals surface area contributed by atoms with Crippen LogP contribution in [0.1, 0.15) is 34.6 Å². The van der Waals surface area contributed by atoms with Crippen LogP contribution in [0.5, 0.6) is 0 Å². The fraction of sp³-hybridized carbons (Fsp3) is 0.368. The highest BCUT2D eigenvalue weighted by atomic mass is 35.5. The molecule has 0 unspecified atom stereocenters. The van der Waals surface area contributed by atoms with Gasteiger partial charge in [0.2, 0.25) is 0 Å². The van der Waals surface area contributed by atoms with E-state index in [1.807, 2.05) is 0 Å². The summed E-state index contributed by atoms with van der Waals surface area (Å²) in [5, 5.41) is 6.61. The van der Waals surface area contributed by atoms with Gasteiger partial charge in [0.15, 0.2) is 0 Å². The number of halogens is 2. The molecule has 0 atom stereocenters. The van der Waals surface area contributed by atoms with Gasteiger partial charge in [0.1, 0.15) is 5.00 Å². The number of rotatable bonds is 5. The van der Waals surface area contributed by atoms with Gasteiger partial charge in [0.05, 0.1) is 5.56 Å². The monoisotopic (exact) mass is 442 g/mol. The number of amides is 3. The summed E-state index contributed by atoms with van der Waals surface area (Å²) in [5.41, 5.74) is 7.63. The first-order valence-electron chi connectivity index (χ1n) is 8.83. The van der Waals surface area contributed by atoms with Crippen LogP contribution in [0.25, 0.3) is 0 Å². The van der Waals surface area contributed by atoms with Gasteiger partial charge >= 0.3 is 6.03 Å². The molecule has 28 heavy (non-hydrogen) atoms. The molecule has 3 amide bonds. The second kappa shape index (κ2) is 9.60. The maximum Gasteiger partial charge on any atom is 0.324 e. The molecule has 0 spiro atoms. The molecular weight excluding hydrogens is 419 g/mol. The highest BCUT2D eigenvalue weighted by Gasteiger charge is 2.27. The van der Waals surface area contributed by atoms with E-state index >= 15 is 0 Å². The smallest absolute Gasteiger partial charge is 0.324 e. The summed E-state index contributed by atoms with van der Waals surface area (Å²) in [7, 11) is 0. The number of primary amides is 1. The van der Waals surface area contributed by atoms with Crippen molar-refractivity contribution in [3.05, 3.63) is 45.3 Å². The normalized spacial score (nSPS) is 13.6. The number of fused-ring (bicyclic) bond motifs is 1. The van der Waals surface area contributed by atoms with Gasteiger partial charge in [0, 0.05) is 35.2 Å². The second-order valence-electron chi connectivity index (χ2n) is 7.04. The van der Waals surface area contributed by atoms with Gasteiger partial charge in [-0.1, -0.05) is 25.4 Å². The van der Waals surface area contributed by atoms with Crippen molar-refractivity contribution >= 4 is 58.0 Å². The average molecular weight is 443 g/mol. The summed E-state index contributed by atoms with van der Waals surface area (Å²) < 4.78 is 0. The first-order chi connectivity index (χ1) is 12.8. The molecule has 1 aromatic carbocycles. The van der Waals surface area contributed by atoms with Crippen molar-refractivity contribution in [1.29, 1.82) is 0 Å². The molecule has 6 nitrogen and oxygen atoms in total. The van der Waals surface area contributed by atoms with Crippen molar-refractivity contribution in [3.63, 3.8) is 0 Å². The van der Waals surface area contributed by atoms with Gasteiger partial charge in [-0.05, 0) is 42.2 Å². The Hall–Kier alpha value is -1.80. The minimum absolute atomic E-state index is 0. The molecule has 9 heteroatoms. The third-order valence-corrected chi connectivity index (χ3v) is 5.72. The number of thiophene rings is 1.